The standard InChI is InChI=1S/C11H10N4O7/c16-5(17)1-11(22,10(20)21)6(9(18)19)8-12-2-4-7(15-8)14-3-13-4/h2-3,6,22H,1H2,(H,16,17)(H,18,19)(H,20,21)(H,12,13,14,15). The van der Waals surface area contributed by atoms with Gasteiger partial charge in [-0.1, -0.05) is 0 Å². The molecule has 5 N–H and O–H groups in total. The van der Waals surface area contributed by atoms with E-state index in [1.807, 2.05) is 0 Å². The first-order valence-corrected chi connectivity index (χ1v) is 5.82. The third kappa shape index (κ3) is 2.56. The summed E-state index contributed by atoms with van der Waals surface area (Å²) >= 11 is 0. The molecule has 11 nitrogen and oxygen atoms in total. The topological polar surface area (TPSA) is 187 Å². The maximum Gasteiger partial charge on any atom is 0.337 e. The number of rotatable bonds is 6. The average Bonchev–Trinajstić information content (AvgIpc) is 2.84. The highest BCUT2D eigenvalue weighted by Gasteiger charge is 2.52. The van der Waals surface area contributed by atoms with Gasteiger partial charge in [-0.25, -0.2) is 19.7 Å². The van der Waals surface area contributed by atoms with Gasteiger partial charge in [-0.15, -0.1) is 0 Å². The Labute approximate surface area is 121 Å². The lowest BCUT2D eigenvalue weighted by molar-refractivity contribution is -0.173. The van der Waals surface area contributed by atoms with E-state index in [4.69, 9.17) is 10.2 Å². The summed E-state index contributed by atoms with van der Waals surface area (Å²) in [5, 5.41) is 37.1. The molecule has 2 aromatic heterocycles. The predicted molar refractivity (Wildman–Crippen MR) is 66.9 cm³/mol. The molecule has 0 bridgehead atoms. The summed E-state index contributed by atoms with van der Waals surface area (Å²) < 4.78 is 0. The van der Waals surface area contributed by atoms with Gasteiger partial charge in [-0.3, -0.25) is 9.59 Å². The van der Waals surface area contributed by atoms with Crippen LogP contribution < -0.4 is 0 Å². The smallest absolute Gasteiger partial charge is 0.337 e. The van der Waals surface area contributed by atoms with Gasteiger partial charge < -0.3 is 25.4 Å². The van der Waals surface area contributed by atoms with Crippen molar-refractivity contribution in [3.63, 3.8) is 0 Å². The van der Waals surface area contributed by atoms with E-state index in [1.54, 1.807) is 0 Å². The number of carbonyl (C=O) groups is 3. The number of aliphatic hydroxyl groups is 1. The molecular formula is C11H10N4O7. The molecule has 0 aromatic carbocycles. The Balaban J connectivity index is 2.58. The van der Waals surface area contributed by atoms with Gasteiger partial charge in [0.05, 0.1) is 18.9 Å². The van der Waals surface area contributed by atoms with E-state index in [0.717, 1.165) is 6.20 Å². The van der Waals surface area contributed by atoms with Crippen LogP contribution in [0.4, 0.5) is 0 Å². The highest BCUT2D eigenvalue weighted by molar-refractivity contribution is 5.92. The molecule has 2 unspecified atom stereocenters. The second-order valence-corrected chi connectivity index (χ2v) is 4.44. The Hall–Kier alpha value is -3.08. The zero-order chi connectivity index (χ0) is 16.5. The summed E-state index contributed by atoms with van der Waals surface area (Å²) in [7, 11) is 0. The maximum absolute atomic E-state index is 11.4. The number of carboxylic acids is 3. The van der Waals surface area contributed by atoms with E-state index >= 15 is 0 Å². The number of nitrogens with zero attached hydrogens (tertiary/aromatic N) is 3. The van der Waals surface area contributed by atoms with Crippen LogP contribution in [0.15, 0.2) is 12.5 Å². The first-order valence-electron chi connectivity index (χ1n) is 5.82. The molecule has 0 aliphatic carbocycles. The average molecular weight is 310 g/mol. The zero-order valence-corrected chi connectivity index (χ0v) is 10.8. The fraction of sp³-hybridized carbons (Fsp3) is 0.273. The van der Waals surface area contributed by atoms with E-state index in [-0.39, 0.29) is 5.65 Å². The van der Waals surface area contributed by atoms with Gasteiger partial charge in [0.1, 0.15) is 11.3 Å². The second kappa shape index (κ2) is 5.37. The second-order valence-electron chi connectivity index (χ2n) is 4.44. The molecule has 0 amide bonds. The van der Waals surface area contributed by atoms with Crippen LogP contribution in [0.2, 0.25) is 0 Å². The lowest BCUT2D eigenvalue weighted by Gasteiger charge is -2.26. The quantitative estimate of drug-likeness (QED) is 0.434. The van der Waals surface area contributed by atoms with Gasteiger partial charge >= 0.3 is 17.9 Å². The summed E-state index contributed by atoms with van der Waals surface area (Å²) in [4.78, 5) is 47.2. The number of hydrogen-bond donors (Lipinski definition) is 5. The maximum atomic E-state index is 11.4. The summed E-state index contributed by atoms with van der Waals surface area (Å²) in [5.74, 6) is -8.20. The van der Waals surface area contributed by atoms with Crippen molar-refractivity contribution < 1.29 is 34.8 Å². The molecule has 22 heavy (non-hydrogen) atoms. The Morgan fingerprint density at radius 1 is 1.23 bits per heavy atom. The number of aromatic nitrogens is 4. The molecule has 0 fully saturated rings. The summed E-state index contributed by atoms with van der Waals surface area (Å²) in [6.07, 6.45) is 1.09. The minimum Gasteiger partial charge on any atom is -0.481 e. The van der Waals surface area contributed by atoms with Crippen molar-refractivity contribution >= 4 is 29.1 Å². The van der Waals surface area contributed by atoms with Gasteiger partial charge in [0.2, 0.25) is 0 Å². The monoisotopic (exact) mass is 310 g/mol. The van der Waals surface area contributed by atoms with E-state index in [9.17, 15) is 24.6 Å². The number of imidazole rings is 1. The molecule has 2 aromatic rings. The molecule has 2 atom stereocenters. The van der Waals surface area contributed by atoms with Crippen LogP contribution in [0, 0.1) is 0 Å². The van der Waals surface area contributed by atoms with Gasteiger partial charge in [0.15, 0.2) is 17.2 Å². The van der Waals surface area contributed by atoms with Gasteiger partial charge in [0.25, 0.3) is 0 Å². The first-order chi connectivity index (χ1) is 10.3. The third-order valence-electron chi connectivity index (χ3n) is 2.97. The number of fused-ring (bicyclic) bond motifs is 1. The van der Waals surface area contributed by atoms with Crippen molar-refractivity contribution in [3.05, 3.63) is 18.3 Å². The van der Waals surface area contributed by atoms with Crippen LogP contribution in [0.5, 0.6) is 0 Å². The summed E-state index contributed by atoms with van der Waals surface area (Å²) in [6, 6.07) is 0. The number of hydrogen-bond acceptors (Lipinski definition) is 7. The first kappa shape index (κ1) is 15.3. The third-order valence-corrected chi connectivity index (χ3v) is 2.97. The SMILES string of the molecule is O=C(O)CC(O)(C(=O)O)C(C(=O)O)c1ncc2[nH]cnc2n1. The number of aromatic amines is 1. The molecule has 11 heteroatoms. The van der Waals surface area contributed by atoms with E-state index < -0.39 is 41.7 Å². The molecule has 0 spiro atoms. The van der Waals surface area contributed by atoms with Crippen LogP contribution in [0.1, 0.15) is 18.2 Å². The summed E-state index contributed by atoms with van der Waals surface area (Å²) in [5.41, 5.74) is -2.69. The Morgan fingerprint density at radius 3 is 2.45 bits per heavy atom. The lowest BCUT2D eigenvalue weighted by atomic mass is 9.83. The number of nitrogens with one attached hydrogen (secondary N) is 1. The largest absolute Gasteiger partial charge is 0.481 e. The summed E-state index contributed by atoms with van der Waals surface area (Å²) in [6.45, 7) is 0. The molecule has 0 saturated carbocycles. The van der Waals surface area contributed by atoms with Crippen molar-refractivity contribution in [3.8, 4) is 0 Å². The van der Waals surface area contributed by atoms with E-state index in [2.05, 4.69) is 19.9 Å². The highest BCUT2D eigenvalue weighted by atomic mass is 16.4. The molecule has 116 valence electrons. The Morgan fingerprint density at radius 2 is 1.91 bits per heavy atom. The molecule has 0 radical (unpaired) electrons. The van der Waals surface area contributed by atoms with E-state index in [1.165, 1.54) is 6.33 Å². The molecule has 0 saturated heterocycles. The van der Waals surface area contributed by atoms with Crippen molar-refractivity contribution in [2.75, 3.05) is 0 Å². The Kier molecular flexibility index (Phi) is 3.73. The van der Waals surface area contributed by atoms with Crippen LogP contribution in [0.25, 0.3) is 11.2 Å². The molecule has 2 heterocycles. The van der Waals surface area contributed by atoms with Crippen LogP contribution >= 0.6 is 0 Å². The van der Waals surface area contributed by atoms with Gasteiger partial charge in [-0.2, -0.15) is 0 Å². The van der Waals surface area contributed by atoms with E-state index in [0.29, 0.717) is 5.52 Å². The number of H-pyrrole nitrogens is 1. The Bertz CT molecular complexity index is 758. The molecule has 0 aliphatic heterocycles. The van der Waals surface area contributed by atoms with Crippen molar-refractivity contribution in [1.29, 1.82) is 0 Å². The van der Waals surface area contributed by atoms with Crippen molar-refractivity contribution in [1.82, 2.24) is 19.9 Å². The number of aliphatic carboxylic acids is 3. The predicted octanol–water partition coefficient (Wildman–Crippen LogP) is -1.19. The highest BCUT2D eigenvalue weighted by Crippen LogP contribution is 2.30. The lowest BCUT2D eigenvalue weighted by Crippen LogP contribution is -2.49. The minimum absolute atomic E-state index is 0.0549. The van der Waals surface area contributed by atoms with Gasteiger partial charge in [0, 0.05) is 0 Å². The number of carboxylic acid groups (broad SMARTS) is 3. The van der Waals surface area contributed by atoms with Crippen LogP contribution in [0.3, 0.4) is 0 Å². The van der Waals surface area contributed by atoms with Crippen molar-refractivity contribution in [2.24, 2.45) is 0 Å². The fourth-order valence-electron chi connectivity index (χ4n) is 1.95. The van der Waals surface area contributed by atoms with Crippen LogP contribution in [-0.4, -0.2) is 63.9 Å². The van der Waals surface area contributed by atoms with Gasteiger partial charge in [-0.05, 0) is 0 Å². The minimum atomic E-state index is -3.11. The normalized spacial score (nSPS) is 15.1. The molecular weight excluding hydrogens is 300 g/mol. The fourth-order valence-corrected chi connectivity index (χ4v) is 1.95. The zero-order valence-electron chi connectivity index (χ0n) is 10.8. The van der Waals surface area contributed by atoms with Crippen LogP contribution in [-0.2, 0) is 14.4 Å². The van der Waals surface area contributed by atoms with Crippen molar-refractivity contribution in [2.45, 2.75) is 17.9 Å². The molecule has 0 aliphatic rings. The molecule has 2 rings (SSSR count).